The van der Waals surface area contributed by atoms with E-state index in [0.717, 1.165) is 36.5 Å². The summed E-state index contributed by atoms with van der Waals surface area (Å²) in [6.07, 6.45) is 31.4. The smallest absolute Gasteiger partial charge is 0.00479 e. The van der Waals surface area contributed by atoms with Gasteiger partial charge in [0.05, 0.1) is 0 Å². The van der Waals surface area contributed by atoms with Crippen LogP contribution < -0.4 is 0 Å². The summed E-state index contributed by atoms with van der Waals surface area (Å²) in [5, 5.41) is 0. The Hall–Kier alpha value is -2.82. The predicted octanol–water partition coefficient (Wildman–Crippen LogP) is 9.66. The minimum Gasteiger partial charge on any atom is -0.117 e. The van der Waals surface area contributed by atoms with Crippen molar-refractivity contribution in [3.8, 4) is 0 Å². The van der Waals surface area contributed by atoms with E-state index in [2.05, 4.69) is 85.5 Å². The van der Waals surface area contributed by atoms with Gasteiger partial charge in [-0.3, -0.25) is 0 Å². The van der Waals surface area contributed by atoms with Crippen molar-refractivity contribution in [2.75, 3.05) is 0 Å². The number of fused-ring (bicyclic) bond motifs is 3. The van der Waals surface area contributed by atoms with E-state index in [-0.39, 0.29) is 0 Å². The van der Waals surface area contributed by atoms with Crippen molar-refractivity contribution < 1.29 is 0 Å². The first-order valence-corrected chi connectivity index (χ1v) is 15.0. The zero-order valence-electron chi connectivity index (χ0n) is 22.4. The maximum atomic E-state index is 3.54. The maximum Gasteiger partial charge on any atom is 0.00479 e. The van der Waals surface area contributed by atoms with E-state index < -0.39 is 0 Å². The monoisotopic (exact) mass is 484 g/mol. The number of benzene rings is 1. The Balaban J connectivity index is 0.923. The first kappa shape index (κ1) is 23.3. The van der Waals surface area contributed by atoms with Crippen LogP contribution in [0.15, 0.2) is 112 Å². The summed E-state index contributed by atoms with van der Waals surface area (Å²) in [5.74, 6) is 4.23. The van der Waals surface area contributed by atoms with E-state index in [1.807, 2.05) is 0 Å². The predicted molar refractivity (Wildman–Crippen MR) is 155 cm³/mol. The van der Waals surface area contributed by atoms with Crippen molar-refractivity contribution in [2.45, 2.75) is 77.0 Å². The molecule has 188 valence electrons. The van der Waals surface area contributed by atoms with E-state index in [9.17, 15) is 0 Å². The molecule has 2 fully saturated rings. The summed E-state index contributed by atoms with van der Waals surface area (Å²) in [7, 11) is 0. The first-order chi connectivity index (χ1) is 18.2. The largest absolute Gasteiger partial charge is 0.117 e. The van der Waals surface area contributed by atoms with Crippen LogP contribution in [0.1, 0.15) is 81.8 Å². The van der Waals surface area contributed by atoms with Crippen molar-refractivity contribution in [1.29, 1.82) is 0 Å². The number of rotatable bonds is 8. The highest BCUT2D eigenvalue weighted by Gasteiger charge is 2.42. The normalized spacial score (nSPS) is 30.9. The molecule has 7 rings (SSSR count). The fraction of sp³-hybridized carbons (Fsp3) is 0.432. The molecule has 0 aliphatic heterocycles. The van der Waals surface area contributed by atoms with E-state index >= 15 is 0 Å². The highest BCUT2D eigenvalue weighted by molar-refractivity contribution is 5.43. The van der Waals surface area contributed by atoms with Crippen LogP contribution in [0.3, 0.4) is 0 Å². The average molecular weight is 485 g/mol. The van der Waals surface area contributed by atoms with E-state index in [1.54, 1.807) is 22.3 Å². The molecule has 2 saturated carbocycles. The molecule has 0 saturated heterocycles. The Morgan fingerprint density at radius 2 is 1.73 bits per heavy atom. The van der Waals surface area contributed by atoms with Gasteiger partial charge in [-0.15, -0.1) is 5.73 Å². The minimum absolute atomic E-state index is 0.691. The number of hydrogen-bond acceptors (Lipinski definition) is 0. The van der Waals surface area contributed by atoms with Gasteiger partial charge in [-0.2, -0.15) is 0 Å². The lowest BCUT2D eigenvalue weighted by molar-refractivity contribution is 0.559. The molecular formula is C37H40. The lowest BCUT2D eigenvalue weighted by atomic mass is 9.77. The van der Waals surface area contributed by atoms with Gasteiger partial charge < -0.3 is 0 Å². The molecule has 0 aromatic heterocycles. The third-order valence-electron chi connectivity index (χ3n) is 9.92. The summed E-state index contributed by atoms with van der Waals surface area (Å²) in [6.45, 7) is 2.31. The lowest BCUT2D eigenvalue weighted by Gasteiger charge is -2.28. The van der Waals surface area contributed by atoms with Gasteiger partial charge in [0, 0.05) is 6.42 Å². The standard InChI is InChI=1S/C37H40/c1-2-28-15-16-32-23-36(32)34(28)8-4-6-25-5-3-7-26(10-9-25)21-27-11-13-29(14-12-27)30-19-20-35-31(22-30)17-18-33-24-37(33)35/h3,5,9-18,30,32-33,36-37H,2,4,6,8,19-24H2,1H3. The second kappa shape index (κ2) is 9.81. The highest BCUT2D eigenvalue weighted by Crippen LogP contribution is 2.54. The summed E-state index contributed by atoms with van der Waals surface area (Å²) < 4.78 is 0. The highest BCUT2D eigenvalue weighted by atomic mass is 14.5. The van der Waals surface area contributed by atoms with Gasteiger partial charge in [-0.25, -0.2) is 0 Å². The number of allylic oxidation sites excluding steroid dienone is 13. The second-order valence-electron chi connectivity index (χ2n) is 12.3. The molecule has 6 aliphatic carbocycles. The number of hydrogen-bond donors (Lipinski definition) is 0. The zero-order valence-corrected chi connectivity index (χ0v) is 22.4. The van der Waals surface area contributed by atoms with Gasteiger partial charge in [-0.1, -0.05) is 84.9 Å². The molecule has 0 N–H and O–H groups in total. The van der Waals surface area contributed by atoms with Crippen molar-refractivity contribution in [1.82, 2.24) is 0 Å². The van der Waals surface area contributed by atoms with Gasteiger partial charge in [0.1, 0.15) is 0 Å². The molecule has 0 heteroatoms. The molecular weight excluding hydrogens is 444 g/mol. The van der Waals surface area contributed by atoms with Crippen LogP contribution in [0.25, 0.3) is 0 Å². The fourth-order valence-corrected chi connectivity index (χ4v) is 7.50. The minimum atomic E-state index is 0.691. The molecule has 1 aromatic carbocycles. The summed E-state index contributed by atoms with van der Waals surface area (Å²) in [5.41, 5.74) is 16.0. The van der Waals surface area contributed by atoms with Gasteiger partial charge in [0.2, 0.25) is 0 Å². The molecule has 1 aromatic rings. The fourth-order valence-electron chi connectivity index (χ4n) is 7.50. The van der Waals surface area contributed by atoms with Gasteiger partial charge in [0.25, 0.3) is 0 Å². The molecule has 0 bridgehead atoms. The van der Waals surface area contributed by atoms with Crippen LogP contribution in [0.2, 0.25) is 0 Å². The zero-order chi connectivity index (χ0) is 24.8. The summed E-state index contributed by atoms with van der Waals surface area (Å²) in [6, 6.07) is 9.52. The van der Waals surface area contributed by atoms with Gasteiger partial charge in [0.15, 0.2) is 0 Å². The van der Waals surface area contributed by atoms with Gasteiger partial charge in [-0.05, 0) is 127 Å². The quantitative estimate of drug-likeness (QED) is 0.322. The Morgan fingerprint density at radius 3 is 2.62 bits per heavy atom. The van der Waals surface area contributed by atoms with Crippen molar-refractivity contribution in [3.05, 3.63) is 123 Å². The molecule has 0 heterocycles. The molecule has 0 radical (unpaired) electrons. The van der Waals surface area contributed by atoms with Crippen LogP contribution >= 0.6 is 0 Å². The van der Waals surface area contributed by atoms with Crippen molar-refractivity contribution in [2.24, 2.45) is 23.7 Å². The molecule has 5 unspecified atom stereocenters. The maximum absolute atomic E-state index is 3.54. The third kappa shape index (κ3) is 4.89. The van der Waals surface area contributed by atoms with Crippen LogP contribution in [-0.4, -0.2) is 0 Å². The van der Waals surface area contributed by atoms with Crippen molar-refractivity contribution >= 4 is 0 Å². The molecule has 0 amide bonds. The second-order valence-corrected chi connectivity index (χ2v) is 12.3. The SMILES string of the molecule is CCC1=C(CCCC2=CC=C=C(Cc3ccc(C4CCC5=C(C=CC6CC56)C4)cc3)C=C2)C2CC2C=C1. The first-order valence-electron chi connectivity index (χ1n) is 15.0. The average Bonchev–Trinajstić information content (AvgIpc) is 3.84. The van der Waals surface area contributed by atoms with E-state index in [0.29, 0.717) is 5.92 Å². The van der Waals surface area contributed by atoms with Crippen LogP contribution in [0.4, 0.5) is 0 Å². The Morgan fingerprint density at radius 1 is 0.892 bits per heavy atom. The Kier molecular flexibility index (Phi) is 6.18. The molecule has 37 heavy (non-hydrogen) atoms. The molecule has 0 nitrogen and oxygen atoms in total. The van der Waals surface area contributed by atoms with E-state index in [4.69, 9.17) is 0 Å². The molecule has 6 aliphatic rings. The Labute approximate surface area is 223 Å². The molecule has 5 atom stereocenters. The third-order valence-corrected chi connectivity index (χ3v) is 9.92. The summed E-state index contributed by atoms with van der Waals surface area (Å²) in [4.78, 5) is 0. The van der Waals surface area contributed by atoms with Gasteiger partial charge >= 0.3 is 0 Å². The van der Waals surface area contributed by atoms with Crippen LogP contribution in [-0.2, 0) is 6.42 Å². The molecule has 0 spiro atoms. The lowest BCUT2D eigenvalue weighted by Crippen LogP contribution is -2.11. The van der Waals surface area contributed by atoms with E-state index in [1.165, 1.54) is 73.6 Å². The Bertz CT molecular complexity index is 1320. The summed E-state index contributed by atoms with van der Waals surface area (Å²) >= 11 is 0. The van der Waals surface area contributed by atoms with Crippen LogP contribution in [0, 0.1) is 23.7 Å². The topological polar surface area (TPSA) is 0 Å². The van der Waals surface area contributed by atoms with Crippen molar-refractivity contribution in [3.63, 3.8) is 0 Å². The van der Waals surface area contributed by atoms with Crippen LogP contribution in [0.5, 0.6) is 0 Å².